The molecule has 5 heteroatoms. The third-order valence-electron chi connectivity index (χ3n) is 3.36. The van der Waals surface area contributed by atoms with Crippen molar-refractivity contribution in [3.05, 3.63) is 51.8 Å². The first-order valence-electron chi connectivity index (χ1n) is 6.23. The Hall–Kier alpha value is -1.29. The molecule has 1 aliphatic heterocycles. The van der Waals surface area contributed by atoms with Crippen LogP contribution >= 0.6 is 23.2 Å². The van der Waals surface area contributed by atoms with Crippen molar-refractivity contribution in [1.82, 2.24) is 0 Å². The Kier molecular flexibility index (Phi) is 3.59. The fraction of sp³-hybridized carbons (Fsp3) is 0.200. The van der Waals surface area contributed by atoms with Gasteiger partial charge in [0.15, 0.2) is 0 Å². The van der Waals surface area contributed by atoms with E-state index in [1.165, 1.54) is 12.1 Å². The molecule has 104 valence electrons. The number of hydrogen-bond acceptors (Lipinski definition) is 2. The Morgan fingerprint density at radius 1 is 1.25 bits per heavy atom. The van der Waals surface area contributed by atoms with E-state index in [2.05, 4.69) is 0 Å². The molecule has 0 bridgehead atoms. The molecule has 0 spiro atoms. The minimum Gasteiger partial charge on any atom is -0.488 e. The SMILES string of the molecule is NC[C@@H]1Cc2cc(F)cc(-c3c(Cl)cccc3Cl)c2O1. The minimum atomic E-state index is -0.337. The Morgan fingerprint density at radius 2 is 1.95 bits per heavy atom. The van der Waals surface area contributed by atoms with Crippen LogP contribution in [-0.4, -0.2) is 12.6 Å². The van der Waals surface area contributed by atoms with Gasteiger partial charge in [0.2, 0.25) is 0 Å². The van der Waals surface area contributed by atoms with E-state index in [1.807, 2.05) is 0 Å². The van der Waals surface area contributed by atoms with Crippen LogP contribution in [0.15, 0.2) is 30.3 Å². The topological polar surface area (TPSA) is 35.2 Å². The maximum absolute atomic E-state index is 13.8. The summed E-state index contributed by atoms with van der Waals surface area (Å²) < 4.78 is 19.6. The molecule has 0 saturated heterocycles. The second-order valence-corrected chi connectivity index (χ2v) is 5.53. The van der Waals surface area contributed by atoms with E-state index in [-0.39, 0.29) is 11.9 Å². The van der Waals surface area contributed by atoms with Crippen LogP contribution in [-0.2, 0) is 6.42 Å². The molecule has 0 aliphatic carbocycles. The normalized spacial score (nSPS) is 16.9. The summed E-state index contributed by atoms with van der Waals surface area (Å²) in [5.74, 6) is 0.285. The average Bonchev–Trinajstić information content (AvgIpc) is 2.81. The average molecular weight is 312 g/mol. The highest BCUT2D eigenvalue weighted by molar-refractivity contribution is 6.39. The van der Waals surface area contributed by atoms with Crippen LogP contribution in [0, 0.1) is 5.82 Å². The summed E-state index contributed by atoms with van der Waals surface area (Å²) in [5, 5.41) is 0.926. The molecule has 20 heavy (non-hydrogen) atoms. The van der Waals surface area contributed by atoms with Crippen molar-refractivity contribution >= 4 is 23.2 Å². The fourth-order valence-electron chi connectivity index (χ4n) is 2.47. The Morgan fingerprint density at radius 3 is 2.60 bits per heavy atom. The zero-order valence-electron chi connectivity index (χ0n) is 10.5. The molecule has 2 aromatic rings. The lowest BCUT2D eigenvalue weighted by atomic mass is 10.00. The third-order valence-corrected chi connectivity index (χ3v) is 3.99. The highest BCUT2D eigenvalue weighted by Gasteiger charge is 2.27. The molecule has 2 aromatic carbocycles. The van der Waals surface area contributed by atoms with Crippen molar-refractivity contribution in [3.63, 3.8) is 0 Å². The second-order valence-electron chi connectivity index (χ2n) is 4.72. The molecule has 0 unspecified atom stereocenters. The van der Waals surface area contributed by atoms with E-state index < -0.39 is 0 Å². The van der Waals surface area contributed by atoms with E-state index in [4.69, 9.17) is 33.7 Å². The van der Waals surface area contributed by atoms with E-state index in [1.54, 1.807) is 18.2 Å². The van der Waals surface area contributed by atoms with Gasteiger partial charge in [0.25, 0.3) is 0 Å². The van der Waals surface area contributed by atoms with Gasteiger partial charge in [0, 0.05) is 29.7 Å². The zero-order chi connectivity index (χ0) is 14.3. The van der Waals surface area contributed by atoms with Crippen LogP contribution in [0.5, 0.6) is 5.75 Å². The van der Waals surface area contributed by atoms with Gasteiger partial charge in [-0.1, -0.05) is 29.3 Å². The third kappa shape index (κ3) is 2.26. The number of halogens is 3. The maximum atomic E-state index is 13.8. The molecule has 3 rings (SSSR count). The number of fused-ring (bicyclic) bond motifs is 1. The number of rotatable bonds is 2. The summed E-state index contributed by atoms with van der Waals surface area (Å²) in [7, 11) is 0. The predicted molar refractivity (Wildman–Crippen MR) is 79.0 cm³/mol. The summed E-state index contributed by atoms with van der Waals surface area (Å²) in [6, 6.07) is 8.05. The van der Waals surface area contributed by atoms with Gasteiger partial charge in [0.1, 0.15) is 17.7 Å². The van der Waals surface area contributed by atoms with Gasteiger partial charge in [-0.25, -0.2) is 4.39 Å². The highest BCUT2D eigenvalue weighted by Crippen LogP contribution is 2.44. The first-order valence-corrected chi connectivity index (χ1v) is 6.99. The summed E-state index contributed by atoms with van der Waals surface area (Å²) in [6.45, 7) is 0.381. The van der Waals surface area contributed by atoms with Gasteiger partial charge in [-0.2, -0.15) is 0 Å². The van der Waals surface area contributed by atoms with Crippen LogP contribution in [0.4, 0.5) is 4.39 Å². The summed E-state index contributed by atoms with van der Waals surface area (Å²) >= 11 is 12.4. The molecule has 2 nitrogen and oxygen atoms in total. The molecule has 1 aliphatic rings. The van der Waals surface area contributed by atoms with Gasteiger partial charge in [0.05, 0.1) is 10.0 Å². The van der Waals surface area contributed by atoms with Crippen LogP contribution < -0.4 is 10.5 Å². The number of ether oxygens (including phenoxy) is 1. The minimum absolute atomic E-state index is 0.133. The Labute approximate surface area is 126 Å². The molecule has 0 radical (unpaired) electrons. The molecular formula is C15H12Cl2FNO. The summed E-state index contributed by atoms with van der Waals surface area (Å²) in [4.78, 5) is 0. The molecule has 0 amide bonds. The van der Waals surface area contributed by atoms with Gasteiger partial charge in [-0.3, -0.25) is 0 Å². The lowest BCUT2D eigenvalue weighted by molar-refractivity contribution is 0.242. The summed E-state index contributed by atoms with van der Waals surface area (Å²) in [6.07, 6.45) is 0.463. The number of nitrogens with two attached hydrogens (primary N) is 1. The fourth-order valence-corrected chi connectivity index (χ4v) is 3.07. The van der Waals surface area contributed by atoms with Crippen LogP contribution in [0.2, 0.25) is 10.0 Å². The lowest BCUT2D eigenvalue weighted by Gasteiger charge is -2.13. The van der Waals surface area contributed by atoms with Crippen LogP contribution in [0.25, 0.3) is 11.1 Å². The van der Waals surface area contributed by atoms with E-state index in [0.29, 0.717) is 39.9 Å². The monoisotopic (exact) mass is 311 g/mol. The smallest absolute Gasteiger partial charge is 0.131 e. The van der Waals surface area contributed by atoms with E-state index in [9.17, 15) is 4.39 Å². The van der Waals surface area contributed by atoms with Crippen molar-refractivity contribution in [2.75, 3.05) is 6.54 Å². The quantitative estimate of drug-likeness (QED) is 0.907. The molecule has 1 heterocycles. The highest BCUT2D eigenvalue weighted by atomic mass is 35.5. The molecule has 2 N–H and O–H groups in total. The summed E-state index contributed by atoms with van der Waals surface area (Å²) in [5.41, 5.74) is 7.59. The predicted octanol–water partition coefficient (Wildman–Crippen LogP) is 4.06. The largest absolute Gasteiger partial charge is 0.488 e. The standard InChI is InChI=1S/C15H12Cl2FNO/c16-12-2-1-3-13(17)14(12)11-6-9(18)4-8-5-10(7-19)20-15(8)11/h1-4,6,10H,5,7,19H2/t10-/m0/s1. The van der Waals surface area contributed by atoms with Gasteiger partial charge < -0.3 is 10.5 Å². The first kappa shape index (κ1) is 13.7. The molecule has 0 saturated carbocycles. The van der Waals surface area contributed by atoms with Crippen LogP contribution in [0.3, 0.4) is 0 Å². The van der Waals surface area contributed by atoms with Crippen molar-refractivity contribution < 1.29 is 9.13 Å². The number of benzene rings is 2. The van der Waals surface area contributed by atoms with Crippen molar-refractivity contribution in [1.29, 1.82) is 0 Å². The van der Waals surface area contributed by atoms with Crippen LogP contribution in [0.1, 0.15) is 5.56 Å². The van der Waals surface area contributed by atoms with E-state index in [0.717, 1.165) is 5.56 Å². The number of hydrogen-bond donors (Lipinski definition) is 1. The second kappa shape index (κ2) is 5.24. The zero-order valence-corrected chi connectivity index (χ0v) is 12.0. The lowest BCUT2D eigenvalue weighted by Crippen LogP contribution is -2.24. The van der Waals surface area contributed by atoms with E-state index >= 15 is 0 Å². The maximum Gasteiger partial charge on any atom is 0.131 e. The molecular weight excluding hydrogens is 300 g/mol. The first-order chi connectivity index (χ1) is 9.60. The molecule has 1 atom stereocenters. The van der Waals surface area contributed by atoms with Gasteiger partial charge >= 0.3 is 0 Å². The van der Waals surface area contributed by atoms with Crippen molar-refractivity contribution in [3.8, 4) is 16.9 Å². The Balaban J connectivity index is 2.21. The van der Waals surface area contributed by atoms with Crippen molar-refractivity contribution in [2.24, 2.45) is 5.73 Å². The molecule has 0 aromatic heterocycles. The van der Waals surface area contributed by atoms with Crippen molar-refractivity contribution in [2.45, 2.75) is 12.5 Å². The van der Waals surface area contributed by atoms with Gasteiger partial charge in [-0.15, -0.1) is 0 Å². The molecule has 0 fully saturated rings. The van der Waals surface area contributed by atoms with Gasteiger partial charge in [-0.05, 0) is 24.3 Å². The Bertz CT molecular complexity index is 655.